The maximum absolute atomic E-state index is 12.9. The van der Waals surface area contributed by atoms with Crippen molar-refractivity contribution >= 4 is 51.0 Å². The van der Waals surface area contributed by atoms with Crippen molar-refractivity contribution in [3.05, 3.63) is 53.1 Å². The van der Waals surface area contributed by atoms with E-state index in [2.05, 4.69) is 37.5 Å². The molecule has 3 aromatic heterocycles. The van der Waals surface area contributed by atoms with E-state index in [0.717, 1.165) is 42.6 Å². The van der Waals surface area contributed by atoms with E-state index in [1.165, 1.54) is 6.33 Å². The summed E-state index contributed by atoms with van der Waals surface area (Å²) in [6.07, 6.45) is 3.37. The van der Waals surface area contributed by atoms with E-state index in [-0.39, 0.29) is 11.9 Å². The van der Waals surface area contributed by atoms with Gasteiger partial charge < -0.3 is 20.0 Å². The van der Waals surface area contributed by atoms with Crippen molar-refractivity contribution in [2.24, 2.45) is 0 Å². The molecule has 2 N–H and O–H groups in total. The summed E-state index contributed by atoms with van der Waals surface area (Å²) in [4.78, 5) is 28.0. The second-order valence-electron chi connectivity index (χ2n) is 8.17. The van der Waals surface area contributed by atoms with Gasteiger partial charge >= 0.3 is 0 Å². The molecular formula is C23H23ClN6O2. The van der Waals surface area contributed by atoms with Gasteiger partial charge in [0.2, 0.25) is 0 Å². The molecule has 0 aliphatic carbocycles. The van der Waals surface area contributed by atoms with Gasteiger partial charge in [-0.3, -0.25) is 4.79 Å². The SMILES string of the molecule is Cc1c(C(=O)NC2CCN(C)CC2)oc2ccc(Nc3ncnc4ccc(Cl)nc34)cc12. The van der Waals surface area contributed by atoms with E-state index in [1.54, 1.807) is 12.1 Å². The molecule has 32 heavy (non-hydrogen) atoms. The first-order valence-electron chi connectivity index (χ1n) is 10.5. The Morgan fingerprint density at radius 1 is 1.19 bits per heavy atom. The quantitative estimate of drug-likeness (QED) is 0.447. The summed E-state index contributed by atoms with van der Waals surface area (Å²) in [7, 11) is 2.10. The monoisotopic (exact) mass is 450 g/mol. The molecule has 0 bridgehead atoms. The minimum Gasteiger partial charge on any atom is -0.451 e. The Labute approximate surface area is 190 Å². The van der Waals surface area contributed by atoms with Gasteiger partial charge in [-0.25, -0.2) is 15.0 Å². The number of likely N-dealkylation sites (tertiary alicyclic amines) is 1. The molecule has 0 atom stereocenters. The second-order valence-corrected chi connectivity index (χ2v) is 8.55. The Kier molecular flexibility index (Phi) is 5.40. The van der Waals surface area contributed by atoms with Gasteiger partial charge in [0.1, 0.15) is 22.6 Å². The first-order valence-corrected chi connectivity index (χ1v) is 10.9. The van der Waals surface area contributed by atoms with Crippen molar-refractivity contribution in [2.75, 3.05) is 25.5 Å². The molecule has 0 unspecified atom stereocenters. The number of hydrogen-bond donors (Lipinski definition) is 2. The van der Waals surface area contributed by atoms with Gasteiger partial charge in [-0.05, 0) is 70.2 Å². The lowest BCUT2D eigenvalue weighted by Crippen LogP contribution is -2.43. The normalized spacial score (nSPS) is 15.3. The molecule has 1 fully saturated rings. The average molecular weight is 451 g/mol. The Balaban J connectivity index is 1.41. The van der Waals surface area contributed by atoms with E-state index >= 15 is 0 Å². The maximum atomic E-state index is 12.9. The summed E-state index contributed by atoms with van der Waals surface area (Å²) in [6.45, 7) is 3.87. The number of amides is 1. The Morgan fingerprint density at radius 2 is 2.00 bits per heavy atom. The number of aryl methyl sites for hydroxylation is 1. The van der Waals surface area contributed by atoms with Crippen LogP contribution in [0.1, 0.15) is 29.0 Å². The van der Waals surface area contributed by atoms with Crippen molar-refractivity contribution in [1.29, 1.82) is 0 Å². The highest BCUT2D eigenvalue weighted by atomic mass is 35.5. The lowest BCUT2D eigenvalue weighted by Gasteiger charge is -2.29. The van der Waals surface area contributed by atoms with Crippen molar-refractivity contribution in [1.82, 2.24) is 25.2 Å². The second kappa shape index (κ2) is 8.37. The molecule has 1 amide bonds. The zero-order chi connectivity index (χ0) is 22.2. The molecule has 8 nitrogen and oxygen atoms in total. The topological polar surface area (TPSA) is 96.2 Å². The first kappa shape index (κ1) is 20.7. The molecule has 1 aromatic carbocycles. The third-order valence-electron chi connectivity index (χ3n) is 5.91. The molecule has 4 aromatic rings. The molecule has 0 radical (unpaired) electrons. The number of anilines is 2. The number of piperidine rings is 1. The Bertz CT molecular complexity index is 1310. The fourth-order valence-corrected chi connectivity index (χ4v) is 4.21. The third-order valence-corrected chi connectivity index (χ3v) is 6.12. The lowest BCUT2D eigenvalue weighted by atomic mass is 10.1. The number of carbonyl (C=O) groups excluding carboxylic acids is 1. The van der Waals surface area contributed by atoms with Crippen LogP contribution in [-0.4, -0.2) is 51.9 Å². The van der Waals surface area contributed by atoms with Crippen LogP contribution in [0.25, 0.3) is 22.0 Å². The number of rotatable bonds is 4. The van der Waals surface area contributed by atoms with Crippen molar-refractivity contribution in [3.8, 4) is 0 Å². The molecule has 164 valence electrons. The molecule has 1 saturated heterocycles. The van der Waals surface area contributed by atoms with Gasteiger partial charge in [0.05, 0.1) is 5.52 Å². The summed E-state index contributed by atoms with van der Waals surface area (Å²) in [5, 5.41) is 7.65. The zero-order valence-corrected chi connectivity index (χ0v) is 18.6. The van der Waals surface area contributed by atoms with Gasteiger partial charge in [-0.1, -0.05) is 11.6 Å². The van der Waals surface area contributed by atoms with E-state index in [4.69, 9.17) is 16.0 Å². The highest BCUT2D eigenvalue weighted by Gasteiger charge is 2.23. The van der Waals surface area contributed by atoms with Crippen LogP contribution in [0.3, 0.4) is 0 Å². The van der Waals surface area contributed by atoms with Crippen LogP contribution in [0.5, 0.6) is 0 Å². The zero-order valence-electron chi connectivity index (χ0n) is 17.9. The van der Waals surface area contributed by atoms with Crippen LogP contribution in [0, 0.1) is 6.92 Å². The van der Waals surface area contributed by atoms with Gasteiger partial charge in [0.25, 0.3) is 5.91 Å². The maximum Gasteiger partial charge on any atom is 0.287 e. The van der Waals surface area contributed by atoms with Crippen LogP contribution >= 0.6 is 11.6 Å². The van der Waals surface area contributed by atoms with E-state index < -0.39 is 0 Å². The molecule has 0 spiro atoms. The number of furan rings is 1. The summed E-state index contributed by atoms with van der Waals surface area (Å²) in [6, 6.07) is 9.34. The van der Waals surface area contributed by atoms with Gasteiger partial charge in [0.15, 0.2) is 11.6 Å². The molecular weight excluding hydrogens is 428 g/mol. The third kappa shape index (κ3) is 3.99. The van der Waals surface area contributed by atoms with Gasteiger partial charge in [0, 0.05) is 22.7 Å². The number of nitrogens with zero attached hydrogens (tertiary/aromatic N) is 4. The number of benzene rings is 1. The van der Waals surface area contributed by atoms with Gasteiger partial charge in [-0.15, -0.1) is 0 Å². The summed E-state index contributed by atoms with van der Waals surface area (Å²) in [5.41, 5.74) is 3.55. The number of pyridine rings is 1. The van der Waals surface area contributed by atoms with E-state index in [1.807, 2.05) is 25.1 Å². The fraction of sp³-hybridized carbons (Fsp3) is 0.304. The Morgan fingerprint density at radius 3 is 2.81 bits per heavy atom. The van der Waals surface area contributed by atoms with Crippen molar-refractivity contribution in [3.63, 3.8) is 0 Å². The van der Waals surface area contributed by atoms with Crippen LogP contribution in [0.15, 0.2) is 41.1 Å². The molecule has 0 saturated carbocycles. The fourth-order valence-electron chi connectivity index (χ4n) is 4.06. The molecule has 1 aliphatic rings. The Hall–Kier alpha value is -3.23. The van der Waals surface area contributed by atoms with Crippen LogP contribution in [0.4, 0.5) is 11.5 Å². The molecule has 1 aliphatic heterocycles. The van der Waals surface area contributed by atoms with Crippen molar-refractivity contribution < 1.29 is 9.21 Å². The molecule has 9 heteroatoms. The van der Waals surface area contributed by atoms with Crippen LogP contribution < -0.4 is 10.6 Å². The van der Waals surface area contributed by atoms with Crippen LogP contribution in [0.2, 0.25) is 5.15 Å². The van der Waals surface area contributed by atoms with Gasteiger partial charge in [-0.2, -0.15) is 0 Å². The number of aromatic nitrogens is 3. The summed E-state index contributed by atoms with van der Waals surface area (Å²) >= 11 is 6.05. The number of carbonyl (C=O) groups is 1. The number of halogens is 1. The average Bonchev–Trinajstić information content (AvgIpc) is 3.12. The molecule has 5 rings (SSSR count). The highest BCUT2D eigenvalue weighted by Crippen LogP contribution is 2.30. The summed E-state index contributed by atoms with van der Waals surface area (Å²) in [5.74, 6) is 0.749. The standard InChI is InChI=1S/C23H23ClN6O2/c1-13-16-11-15(27-22-20-17(25-12-26-22)4-6-19(24)29-20)3-5-18(16)32-21(13)23(31)28-14-7-9-30(2)10-8-14/h3-6,11-12,14H,7-10H2,1-2H3,(H,28,31)(H,25,26,27). The minimum absolute atomic E-state index is 0.164. The lowest BCUT2D eigenvalue weighted by molar-refractivity contribution is 0.0890. The summed E-state index contributed by atoms with van der Waals surface area (Å²) < 4.78 is 5.91. The number of hydrogen-bond acceptors (Lipinski definition) is 7. The number of nitrogens with one attached hydrogen (secondary N) is 2. The predicted octanol–water partition coefficient (Wildman–Crippen LogP) is 4.30. The van der Waals surface area contributed by atoms with Crippen molar-refractivity contribution in [2.45, 2.75) is 25.8 Å². The first-order chi connectivity index (χ1) is 15.5. The minimum atomic E-state index is -0.164. The smallest absolute Gasteiger partial charge is 0.287 e. The number of fused-ring (bicyclic) bond motifs is 2. The highest BCUT2D eigenvalue weighted by molar-refractivity contribution is 6.29. The van der Waals surface area contributed by atoms with Crippen LogP contribution in [-0.2, 0) is 0 Å². The molecule has 4 heterocycles. The predicted molar refractivity (Wildman–Crippen MR) is 125 cm³/mol. The van der Waals surface area contributed by atoms with E-state index in [0.29, 0.717) is 33.3 Å². The van der Waals surface area contributed by atoms with E-state index in [9.17, 15) is 4.79 Å². The largest absolute Gasteiger partial charge is 0.451 e.